The molecule has 2 aromatic rings. The standard InChI is InChI=1S/C20H23FN2O3/c1-14-8-9-16(12-17(14)21)23-19(25)18(24)22-13-20(2,26)11-10-15-6-4-3-5-7-15/h3-9,12,26H,10-11,13H2,1-2H3,(H,22,24)(H,23,25). The molecule has 138 valence electrons. The van der Waals surface area contributed by atoms with Gasteiger partial charge in [0, 0.05) is 12.2 Å². The lowest BCUT2D eigenvalue weighted by atomic mass is 9.97. The number of aryl methyl sites for hydroxylation is 2. The topological polar surface area (TPSA) is 78.4 Å². The van der Waals surface area contributed by atoms with E-state index in [0.29, 0.717) is 18.4 Å². The molecule has 0 heterocycles. The number of anilines is 1. The number of nitrogens with one attached hydrogen (secondary N) is 2. The van der Waals surface area contributed by atoms with Crippen molar-refractivity contribution in [3.05, 3.63) is 65.5 Å². The molecule has 1 atom stereocenters. The molecule has 5 nitrogen and oxygen atoms in total. The molecule has 0 aliphatic rings. The number of hydrogen-bond acceptors (Lipinski definition) is 3. The maximum atomic E-state index is 13.5. The quantitative estimate of drug-likeness (QED) is 0.695. The van der Waals surface area contributed by atoms with E-state index in [9.17, 15) is 19.1 Å². The Morgan fingerprint density at radius 3 is 2.46 bits per heavy atom. The summed E-state index contributed by atoms with van der Waals surface area (Å²) in [6.45, 7) is 3.14. The van der Waals surface area contributed by atoms with E-state index in [-0.39, 0.29) is 12.2 Å². The third-order valence-electron chi connectivity index (χ3n) is 4.06. The molecule has 0 spiro atoms. The van der Waals surface area contributed by atoms with Crippen LogP contribution in [0, 0.1) is 12.7 Å². The Morgan fingerprint density at radius 2 is 1.81 bits per heavy atom. The van der Waals surface area contributed by atoms with Gasteiger partial charge in [0.05, 0.1) is 5.60 Å². The van der Waals surface area contributed by atoms with E-state index in [1.165, 1.54) is 12.1 Å². The molecule has 0 aromatic heterocycles. The summed E-state index contributed by atoms with van der Waals surface area (Å²) in [5, 5.41) is 15.1. The van der Waals surface area contributed by atoms with Crippen molar-refractivity contribution >= 4 is 17.5 Å². The van der Waals surface area contributed by atoms with E-state index in [0.717, 1.165) is 11.6 Å². The van der Waals surface area contributed by atoms with Crippen molar-refractivity contribution in [3.8, 4) is 0 Å². The second kappa shape index (κ2) is 8.58. The molecule has 0 saturated carbocycles. The molecule has 0 fully saturated rings. The monoisotopic (exact) mass is 358 g/mol. The molecule has 3 N–H and O–H groups in total. The Balaban J connectivity index is 1.82. The van der Waals surface area contributed by atoms with Gasteiger partial charge in [-0.05, 0) is 49.9 Å². The van der Waals surface area contributed by atoms with Crippen molar-refractivity contribution in [2.45, 2.75) is 32.3 Å². The van der Waals surface area contributed by atoms with Gasteiger partial charge < -0.3 is 15.7 Å². The molecular weight excluding hydrogens is 335 g/mol. The molecule has 6 heteroatoms. The second-order valence-corrected chi connectivity index (χ2v) is 6.58. The summed E-state index contributed by atoms with van der Waals surface area (Å²) in [6.07, 6.45) is 1.08. The highest BCUT2D eigenvalue weighted by Crippen LogP contribution is 2.14. The lowest BCUT2D eigenvalue weighted by molar-refractivity contribution is -0.136. The summed E-state index contributed by atoms with van der Waals surface area (Å²) in [6, 6.07) is 13.9. The molecule has 0 saturated heterocycles. The van der Waals surface area contributed by atoms with Crippen molar-refractivity contribution in [2.75, 3.05) is 11.9 Å². The average molecular weight is 358 g/mol. The van der Waals surface area contributed by atoms with Gasteiger partial charge in [-0.2, -0.15) is 0 Å². The van der Waals surface area contributed by atoms with Crippen LogP contribution in [-0.4, -0.2) is 29.1 Å². The van der Waals surface area contributed by atoms with Crippen LogP contribution in [0.3, 0.4) is 0 Å². The lowest BCUT2D eigenvalue weighted by Crippen LogP contribution is -2.44. The van der Waals surface area contributed by atoms with Crippen LogP contribution in [0.5, 0.6) is 0 Å². The first kappa shape index (κ1) is 19.6. The smallest absolute Gasteiger partial charge is 0.313 e. The number of carbonyl (C=O) groups excluding carboxylic acids is 2. The summed E-state index contributed by atoms with van der Waals surface area (Å²) < 4.78 is 13.5. The van der Waals surface area contributed by atoms with E-state index in [2.05, 4.69) is 10.6 Å². The number of benzene rings is 2. The second-order valence-electron chi connectivity index (χ2n) is 6.58. The third kappa shape index (κ3) is 5.97. The molecular formula is C20H23FN2O3. The molecule has 0 aliphatic carbocycles. The molecule has 0 aliphatic heterocycles. The minimum absolute atomic E-state index is 0.0612. The van der Waals surface area contributed by atoms with E-state index < -0.39 is 23.2 Å². The Kier molecular flexibility index (Phi) is 6.46. The van der Waals surface area contributed by atoms with Crippen molar-refractivity contribution in [3.63, 3.8) is 0 Å². The fourth-order valence-corrected chi connectivity index (χ4v) is 2.36. The number of carbonyl (C=O) groups is 2. The van der Waals surface area contributed by atoms with Gasteiger partial charge in [-0.3, -0.25) is 9.59 Å². The van der Waals surface area contributed by atoms with Crippen LogP contribution in [-0.2, 0) is 16.0 Å². The van der Waals surface area contributed by atoms with Crippen molar-refractivity contribution in [1.29, 1.82) is 0 Å². The van der Waals surface area contributed by atoms with Crippen LogP contribution < -0.4 is 10.6 Å². The van der Waals surface area contributed by atoms with Crippen LogP contribution in [0.1, 0.15) is 24.5 Å². The first-order valence-electron chi connectivity index (χ1n) is 8.38. The van der Waals surface area contributed by atoms with Crippen LogP contribution in [0.2, 0.25) is 0 Å². The number of hydrogen-bond donors (Lipinski definition) is 3. The largest absolute Gasteiger partial charge is 0.388 e. The van der Waals surface area contributed by atoms with E-state index in [4.69, 9.17) is 0 Å². The summed E-state index contributed by atoms with van der Waals surface area (Å²) in [5.74, 6) is -2.26. The number of aliphatic hydroxyl groups is 1. The first-order valence-corrected chi connectivity index (χ1v) is 8.38. The minimum atomic E-state index is -1.15. The van der Waals surface area contributed by atoms with Gasteiger partial charge in [0.15, 0.2) is 0 Å². The molecule has 2 rings (SSSR count). The zero-order valence-electron chi connectivity index (χ0n) is 14.9. The van der Waals surface area contributed by atoms with Crippen molar-refractivity contribution < 1.29 is 19.1 Å². The van der Waals surface area contributed by atoms with Gasteiger partial charge in [-0.1, -0.05) is 36.4 Å². The summed E-state index contributed by atoms with van der Waals surface area (Å²) in [4.78, 5) is 23.8. The van der Waals surface area contributed by atoms with Crippen LogP contribution in [0.25, 0.3) is 0 Å². The maximum Gasteiger partial charge on any atom is 0.313 e. The van der Waals surface area contributed by atoms with Gasteiger partial charge in [0.1, 0.15) is 5.82 Å². The minimum Gasteiger partial charge on any atom is -0.388 e. The van der Waals surface area contributed by atoms with Gasteiger partial charge in [0.2, 0.25) is 0 Å². The van der Waals surface area contributed by atoms with Crippen LogP contribution in [0.4, 0.5) is 10.1 Å². The lowest BCUT2D eigenvalue weighted by Gasteiger charge is -2.23. The first-order chi connectivity index (χ1) is 12.3. The van der Waals surface area contributed by atoms with E-state index in [1.807, 2.05) is 30.3 Å². The van der Waals surface area contributed by atoms with Crippen molar-refractivity contribution in [1.82, 2.24) is 5.32 Å². The fraction of sp³-hybridized carbons (Fsp3) is 0.300. The van der Waals surface area contributed by atoms with E-state index in [1.54, 1.807) is 13.8 Å². The Bertz CT molecular complexity index is 776. The molecule has 2 amide bonds. The highest BCUT2D eigenvalue weighted by molar-refractivity contribution is 6.39. The molecule has 1 unspecified atom stereocenters. The van der Waals surface area contributed by atoms with E-state index >= 15 is 0 Å². The third-order valence-corrected chi connectivity index (χ3v) is 4.06. The number of rotatable bonds is 6. The van der Waals surface area contributed by atoms with Gasteiger partial charge in [-0.15, -0.1) is 0 Å². The number of halogens is 1. The van der Waals surface area contributed by atoms with Crippen LogP contribution in [0.15, 0.2) is 48.5 Å². The summed E-state index contributed by atoms with van der Waals surface area (Å²) >= 11 is 0. The molecule has 0 radical (unpaired) electrons. The van der Waals surface area contributed by atoms with Gasteiger partial charge in [-0.25, -0.2) is 4.39 Å². The fourth-order valence-electron chi connectivity index (χ4n) is 2.36. The maximum absolute atomic E-state index is 13.5. The molecule has 26 heavy (non-hydrogen) atoms. The normalized spacial score (nSPS) is 12.9. The zero-order valence-corrected chi connectivity index (χ0v) is 14.9. The predicted octanol–water partition coefficient (Wildman–Crippen LogP) is 2.57. The molecule has 2 aromatic carbocycles. The van der Waals surface area contributed by atoms with Gasteiger partial charge >= 0.3 is 11.8 Å². The summed E-state index contributed by atoms with van der Waals surface area (Å²) in [7, 11) is 0. The van der Waals surface area contributed by atoms with Gasteiger partial charge in [0.25, 0.3) is 0 Å². The average Bonchev–Trinajstić information content (AvgIpc) is 2.62. The SMILES string of the molecule is Cc1ccc(NC(=O)C(=O)NCC(C)(O)CCc2ccccc2)cc1F. The van der Waals surface area contributed by atoms with Crippen molar-refractivity contribution in [2.24, 2.45) is 0 Å². The summed E-state index contributed by atoms with van der Waals surface area (Å²) in [5.41, 5.74) is 0.575. The highest BCUT2D eigenvalue weighted by Gasteiger charge is 2.23. The predicted molar refractivity (Wildman–Crippen MR) is 98.2 cm³/mol. The highest BCUT2D eigenvalue weighted by atomic mass is 19.1. The Hall–Kier alpha value is -2.73. The zero-order chi connectivity index (χ0) is 19.2. The Labute approximate surface area is 152 Å². The number of amides is 2. The van der Waals surface area contributed by atoms with Crippen LogP contribution >= 0.6 is 0 Å². The molecule has 0 bridgehead atoms. The Morgan fingerprint density at radius 1 is 1.12 bits per heavy atom.